The molecule has 0 aliphatic carbocycles. The van der Waals surface area contributed by atoms with Crippen LogP contribution < -0.4 is 0 Å². The maximum absolute atomic E-state index is 11.9. The lowest BCUT2D eigenvalue weighted by Gasteiger charge is -2.00. The molecule has 1 aliphatic rings. The third-order valence-corrected chi connectivity index (χ3v) is 3.45. The summed E-state index contributed by atoms with van der Waals surface area (Å²) < 4.78 is 6.28. The second kappa shape index (κ2) is 5.47. The summed E-state index contributed by atoms with van der Waals surface area (Å²) in [6, 6.07) is 17.4. The minimum atomic E-state index is -0.316. The summed E-state index contributed by atoms with van der Waals surface area (Å²) in [7, 11) is 0. The van der Waals surface area contributed by atoms with Gasteiger partial charge in [0.1, 0.15) is 5.76 Å². The van der Waals surface area contributed by atoms with Crippen LogP contribution in [-0.2, 0) is 9.53 Å². The SMILES string of the molecule is O=C1OC(c2ccccc2)=C/C1=C\c1cccc(Br)c1. The maximum atomic E-state index is 11.9. The number of ether oxygens (including phenoxy) is 1. The van der Waals surface area contributed by atoms with Crippen molar-refractivity contribution in [1.82, 2.24) is 0 Å². The van der Waals surface area contributed by atoms with Crippen molar-refractivity contribution in [2.45, 2.75) is 0 Å². The van der Waals surface area contributed by atoms with E-state index in [2.05, 4.69) is 15.9 Å². The molecule has 0 saturated heterocycles. The molecule has 2 aromatic carbocycles. The number of rotatable bonds is 2. The number of carbonyl (C=O) groups is 1. The van der Waals surface area contributed by atoms with Crippen molar-refractivity contribution in [1.29, 1.82) is 0 Å². The molecule has 2 aromatic rings. The molecule has 2 nitrogen and oxygen atoms in total. The van der Waals surface area contributed by atoms with Gasteiger partial charge in [0.2, 0.25) is 0 Å². The molecule has 0 fully saturated rings. The Morgan fingerprint density at radius 2 is 1.80 bits per heavy atom. The van der Waals surface area contributed by atoms with E-state index in [-0.39, 0.29) is 5.97 Å². The lowest BCUT2D eigenvalue weighted by molar-refractivity contribution is -0.130. The normalized spacial score (nSPS) is 16.1. The van der Waals surface area contributed by atoms with Gasteiger partial charge in [0, 0.05) is 10.0 Å². The zero-order chi connectivity index (χ0) is 13.9. The van der Waals surface area contributed by atoms with Gasteiger partial charge in [-0.05, 0) is 29.8 Å². The van der Waals surface area contributed by atoms with Gasteiger partial charge in [-0.2, -0.15) is 0 Å². The molecule has 20 heavy (non-hydrogen) atoms. The first-order valence-electron chi connectivity index (χ1n) is 6.19. The molecule has 0 bridgehead atoms. The predicted molar refractivity (Wildman–Crippen MR) is 82.6 cm³/mol. The third-order valence-electron chi connectivity index (χ3n) is 2.95. The van der Waals surface area contributed by atoms with Gasteiger partial charge in [0.05, 0.1) is 5.57 Å². The number of hydrogen-bond acceptors (Lipinski definition) is 2. The van der Waals surface area contributed by atoms with E-state index in [1.165, 1.54) is 0 Å². The number of cyclic esters (lactones) is 1. The molecule has 0 radical (unpaired) electrons. The van der Waals surface area contributed by atoms with E-state index in [0.717, 1.165) is 15.6 Å². The molecule has 0 N–H and O–H groups in total. The van der Waals surface area contributed by atoms with Crippen molar-refractivity contribution in [3.8, 4) is 0 Å². The van der Waals surface area contributed by atoms with Gasteiger partial charge in [-0.25, -0.2) is 4.79 Å². The average molecular weight is 327 g/mol. The fraction of sp³-hybridized carbons (Fsp3) is 0. The number of hydrogen-bond donors (Lipinski definition) is 0. The van der Waals surface area contributed by atoms with Crippen LogP contribution in [0, 0.1) is 0 Å². The molecule has 0 spiro atoms. The summed E-state index contributed by atoms with van der Waals surface area (Å²) >= 11 is 3.41. The topological polar surface area (TPSA) is 26.3 Å². The summed E-state index contributed by atoms with van der Waals surface area (Å²) in [5, 5.41) is 0. The van der Waals surface area contributed by atoms with Crippen LogP contribution >= 0.6 is 15.9 Å². The quantitative estimate of drug-likeness (QED) is 0.602. The molecular formula is C17H11BrO2. The Kier molecular flexibility index (Phi) is 3.52. The van der Waals surface area contributed by atoms with Crippen molar-refractivity contribution in [3.63, 3.8) is 0 Å². The van der Waals surface area contributed by atoms with Gasteiger partial charge >= 0.3 is 5.97 Å². The first-order valence-corrected chi connectivity index (χ1v) is 6.98. The Morgan fingerprint density at radius 3 is 2.55 bits per heavy atom. The van der Waals surface area contributed by atoms with Crippen molar-refractivity contribution in [2.75, 3.05) is 0 Å². The molecule has 98 valence electrons. The van der Waals surface area contributed by atoms with Crippen LogP contribution in [0.5, 0.6) is 0 Å². The Balaban J connectivity index is 1.95. The van der Waals surface area contributed by atoms with Crippen LogP contribution in [0.15, 0.2) is 70.7 Å². The molecule has 3 heteroatoms. The van der Waals surface area contributed by atoms with Crippen molar-refractivity contribution in [2.24, 2.45) is 0 Å². The smallest absolute Gasteiger partial charge is 0.343 e. The highest BCUT2D eigenvalue weighted by Gasteiger charge is 2.21. The van der Waals surface area contributed by atoms with Gasteiger partial charge in [0.25, 0.3) is 0 Å². The van der Waals surface area contributed by atoms with E-state index in [4.69, 9.17) is 4.74 Å². The molecule has 1 heterocycles. The average Bonchev–Trinajstić information content (AvgIpc) is 2.81. The van der Waals surface area contributed by atoms with Gasteiger partial charge in [-0.15, -0.1) is 0 Å². The molecule has 1 aliphatic heterocycles. The van der Waals surface area contributed by atoms with Crippen molar-refractivity contribution < 1.29 is 9.53 Å². The van der Waals surface area contributed by atoms with Gasteiger partial charge < -0.3 is 4.74 Å². The second-order valence-corrected chi connectivity index (χ2v) is 5.33. The summed E-state index contributed by atoms with van der Waals surface area (Å²) in [4.78, 5) is 11.9. The van der Waals surface area contributed by atoms with Gasteiger partial charge in [-0.1, -0.05) is 58.4 Å². The summed E-state index contributed by atoms with van der Waals surface area (Å²) in [6.45, 7) is 0. The van der Waals surface area contributed by atoms with Crippen molar-refractivity contribution in [3.05, 3.63) is 81.8 Å². The molecular weight excluding hydrogens is 316 g/mol. The number of carbonyl (C=O) groups excluding carboxylic acids is 1. The zero-order valence-corrected chi connectivity index (χ0v) is 12.1. The number of benzene rings is 2. The Labute approximate surface area is 125 Å². The zero-order valence-electron chi connectivity index (χ0n) is 10.5. The predicted octanol–water partition coefficient (Wildman–Crippen LogP) is 4.43. The third kappa shape index (κ3) is 2.73. The van der Waals surface area contributed by atoms with E-state index < -0.39 is 0 Å². The molecule has 0 amide bonds. The van der Waals surface area contributed by atoms with Crippen LogP contribution in [-0.4, -0.2) is 5.97 Å². The lowest BCUT2D eigenvalue weighted by Crippen LogP contribution is -1.97. The fourth-order valence-electron chi connectivity index (χ4n) is 2.01. The highest BCUT2D eigenvalue weighted by molar-refractivity contribution is 9.10. The molecule has 0 aromatic heterocycles. The van der Waals surface area contributed by atoms with Crippen LogP contribution in [0.3, 0.4) is 0 Å². The van der Waals surface area contributed by atoms with Crippen LogP contribution in [0.4, 0.5) is 0 Å². The summed E-state index contributed by atoms with van der Waals surface area (Å²) in [6.07, 6.45) is 3.60. The monoisotopic (exact) mass is 326 g/mol. The van der Waals surface area contributed by atoms with Crippen LogP contribution in [0.25, 0.3) is 11.8 Å². The summed E-state index contributed by atoms with van der Waals surface area (Å²) in [5.41, 5.74) is 2.41. The van der Waals surface area contributed by atoms with E-state index in [9.17, 15) is 4.79 Å². The van der Waals surface area contributed by atoms with Crippen LogP contribution in [0.2, 0.25) is 0 Å². The Morgan fingerprint density at radius 1 is 1.00 bits per heavy atom. The first kappa shape index (κ1) is 12.9. The second-order valence-electron chi connectivity index (χ2n) is 4.42. The van der Waals surface area contributed by atoms with E-state index in [0.29, 0.717) is 11.3 Å². The number of halogens is 1. The van der Waals surface area contributed by atoms with Crippen LogP contribution in [0.1, 0.15) is 11.1 Å². The van der Waals surface area contributed by atoms with E-state index >= 15 is 0 Å². The molecule has 0 atom stereocenters. The largest absolute Gasteiger partial charge is 0.422 e. The lowest BCUT2D eigenvalue weighted by atomic mass is 10.1. The van der Waals surface area contributed by atoms with Gasteiger partial charge in [0.15, 0.2) is 0 Å². The number of esters is 1. The van der Waals surface area contributed by atoms with Crippen molar-refractivity contribution >= 4 is 33.7 Å². The molecule has 0 unspecified atom stereocenters. The fourth-order valence-corrected chi connectivity index (χ4v) is 2.43. The van der Waals surface area contributed by atoms with Gasteiger partial charge in [-0.3, -0.25) is 0 Å². The first-order chi connectivity index (χ1) is 9.72. The molecule has 3 rings (SSSR count). The summed E-state index contributed by atoms with van der Waals surface area (Å²) in [5.74, 6) is 0.278. The molecule has 0 saturated carbocycles. The standard InChI is InChI=1S/C17H11BrO2/c18-15-8-4-5-12(10-15)9-14-11-16(20-17(14)19)13-6-2-1-3-7-13/h1-11H/b14-9+. The Bertz CT molecular complexity index is 715. The van der Waals surface area contributed by atoms with E-state index in [1.807, 2.05) is 60.7 Å². The highest BCUT2D eigenvalue weighted by Crippen LogP contribution is 2.27. The van der Waals surface area contributed by atoms with E-state index in [1.54, 1.807) is 6.08 Å². The Hall–Kier alpha value is -2.13. The maximum Gasteiger partial charge on any atom is 0.343 e. The minimum Gasteiger partial charge on any atom is -0.422 e. The minimum absolute atomic E-state index is 0.316. The highest BCUT2D eigenvalue weighted by atomic mass is 79.9.